The first-order chi connectivity index (χ1) is 14.6. The van der Waals surface area contributed by atoms with E-state index < -0.39 is 15.5 Å². The van der Waals surface area contributed by atoms with Crippen LogP contribution in [0.5, 0.6) is 0 Å². The summed E-state index contributed by atoms with van der Waals surface area (Å²) in [6, 6.07) is 30.3. The third-order valence-electron chi connectivity index (χ3n) is 6.44. The van der Waals surface area contributed by atoms with Gasteiger partial charge in [-0.25, -0.2) is 0 Å². The molecule has 0 saturated carbocycles. The summed E-state index contributed by atoms with van der Waals surface area (Å²) in [6.07, 6.45) is 1.56. The molecule has 3 aromatic carbocycles. The normalized spacial score (nSPS) is 13.7. The smallest absolute Gasteiger partial charge is 0.193 e. The average Bonchev–Trinajstić information content (AvgIpc) is 2.77. The van der Waals surface area contributed by atoms with Crippen molar-refractivity contribution in [3.05, 3.63) is 96.6 Å². The summed E-state index contributed by atoms with van der Waals surface area (Å²) < 4.78 is 22.0. The molecule has 0 spiro atoms. The van der Waals surface area contributed by atoms with Crippen molar-refractivity contribution in [1.29, 1.82) is 0 Å². The molecule has 1 unspecified atom stereocenters. The minimum atomic E-state index is -3.02. The molecule has 0 bridgehead atoms. The molecule has 0 heterocycles. The van der Waals surface area contributed by atoms with Gasteiger partial charge in [-0.1, -0.05) is 112 Å². The molecular formula is C27H35O2PSi. The van der Waals surface area contributed by atoms with E-state index in [1.807, 2.05) is 66.7 Å². The van der Waals surface area contributed by atoms with Crippen LogP contribution < -0.4 is 10.6 Å². The van der Waals surface area contributed by atoms with Crippen molar-refractivity contribution in [2.24, 2.45) is 0 Å². The zero-order chi connectivity index (χ0) is 22.5. The quantitative estimate of drug-likeness (QED) is 0.273. The second-order valence-electron chi connectivity index (χ2n) is 9.69. The Morgan fingerprint density at radius 1 is 0.774 bits per heavy atom. The van der Waals surface area contributed by atoms with Crippen LogP contribution in [0, 0.1) is 0 Å². The molecule has 164 valence electrons. The number of hydrogen-bond donors (Lipinski definition) is 0. The molecule has 1 atom stereocenters. The maximum Gasteiger partial charge on any atom is 0.193 e. The summed E-state index contributed by atoms with van der Waals surface area (Å²) in [5, 5.41) is 1.78. The molecule has 0 aromatic heterocycles. The second kappa shape index (κ2) is 9.69. The number of hydrogen-bond acceptors (Lipinski definition) is 2. The third kappa shape index (κ3) is 5.47. The van der Waals surface area contributed by atoms with E-state index >= 15 is 4.57 Å². The van der Waals surface area contributed by atoms with E-state index in [1.165, 1.54) is 5.56 Å². The lowest BCUT2D eigenvalue weighted by molar-refractivity contribution is 0.240. The van der Waals surface area contributed by atoms with E-state index in [4.69, 9.17) is 4.43 Å². The van der Waals surface area contributed by atoms with E-state index in [-0.39, 0.29) is 10.9 Å². The molecule has 0 aliphatic rings. The maximum absolute atomic E-state index is 15.0. The van der Waals surface area contributed by atoms with Crippen LogP contribution in [0.4, 0.5) is 0 Å². The van der Waals surface area contributed by atoms with E-state index in [2.05, 4.69) is 58.1 Å². The van der Waals surface area contributed by atoms with Crippen LogP contribution in [0.25, 0.3) is 0 Å². The molecular weight excluding hydrogens is 415 g/mol. The monoisotopic (exact) mass is 450 g/mol. The van der Waals surface area contributed by atoms with Crippen molar-refractivity contribution in [2.45, 2.75) is 57.6 Å². The van der Waals surface area contributed by atoms with Crippen LogP contribution in [0.3, 0.4) is 0 Å². The Labute approximate surface area is 189 Å². The molecule has 0 aliphatic carbocycles. The highest BCUT2D eigenvalue weighted by molar-refractivity contribution is 7.79. The van der Waals surface area contributed by atoms with Gasteiger partial charge < -0.3 is 8.99 Å². The van der Waals surface area contributed by atoms with Gasteiger partial charge in [0.2, 0.25) is 0 Å². The van der Waals surface area contributed by atoms with Crippen LogP contribution in [-0.4, -0.2) is 14.2 Å². The summed E-state index contributed by atoms with van der Waals surface area (Å²) >= 11 is 0. The van der Waals surface area contributed by atoms with Gasteiger partial charge in [0.05, 0.1) is 0 Å². The summed E-state index contributed by atoms with van der Waals surface area (Å²) in [7, 11) is -5.18. The molecule has 0 amide bonds. The van der Waals surface area contributed by atoms with Gasteiger partial charge in [-0.3, -0.25) is 0 Å². The molecule has 0 aliphatic heterocycles. The molecule has 3 aromatic rings. The van der Waals surface area contributed by atoms with Crippen LogP contribution in [-0.2, 0) is 15.4 Å². The first-order valence-corrected chi connectivity index (χ1v) is 15.8. The molecule has 0 radical (unpaired) electrons. The number of benzene rings is 3. The van der Waals surface area contributed by atoms with Gasteiger partial charge in [0, 0.05) is 10.6 Å². The van der Waals surface area contributed by atoms with Crippen molar-refractivity contribution in [2.75, 3.05) is 0 Å². The van der Waals surface area contributed by atoms with E-state index in [0.717, 1.165) is 23.5 Å². The Bertz CT molecular complexity index is 952. The zero-order valence-electron chi connectivity index (χ0n) is 19.4. The van der Waals surface area contributed by atoms with Crippen LogP contribution in [0.2, 0.25) is 18.1 Å². The second-order valence-corrected chi connectivity index (χ2v) is 17.4. The van der Waals surface area contributed by atoms with Crippen molar-refractivity contribution >= 4 is 26.1 Å². The predicted molar refractivity (Wildman–Crippen MR) is 137 cm³/mol. The predicted octanol–water partition coefficient (Wildman–Crippen LogP) is 6.98. The van der Waals surface area contributed by atoms with Crippen LogP contribution in [0.15, 0.2) is 91.0 Å². The standard InChI is InChI=1S/C27H35O2PSi/c1-27(2,3)31(4,5)29-26(22-21-23-15-9-6-10-16-23)30(28,24-17-11-7-12-18-24)25-19-13-8-14-20-25/h6-20,26H,21-22H2,1-5H3. The SMILES string of the molecule is CC(C)(C)[Si](C)(C)OC(CCc1ccccc1)P(=O)(c1ccccc1)c1ccccc1. The summed E-state index contributed by atoms with van der Waals surface area (Å²) in [5.41, 5.74) is 1.25. The molecule has 31 heavy (non-hydrogen) atoms. The average molecular weight is 451 g/mol. The lowest BCUT2D eigenvalue weighted by Gasteiger charge is -2.41. The Morgan fingerprint density at radius 2 is 1.19 bits per heavy atom. The Kier molecular flexibility index (Phi) is 7.42. The van der Waals surface area contributed by atoms with Gasteiger partial charge >= 0.3 is 0 Å². The Balaban J connectivity index is 2.09. The number of aryl methyl sites for hydroxylation is 1. The molecule has 4 heteroatoms. The topological polar surface area (TPSA) is 26.3 Å². The van der Waals surface area contributed by atoms with Crippen molar-refractivity contribution < 1.29 is 8.99 Å². The molecule has 3 rings (SSSR count). The highest BCUT2D eigenvalue weighted by atomic mass is 31.2. The molecule has 2 nitrogen and oxygen atoms in total. The summed E-state index contributed by atoms with van der Waals surface area (Å²) in [6.45, 7) is 11.2. The van der Waals surface area contributed by atoms with E-state index in [9.17, 15) is 0 Å². The van der Waals surface area contributed by atoms with Crippen LogP contribution >= 0.6 is 7.14 Å². The maximum atomic E-state index is 15.0. The molecule has 0 N–H and O–H groups in total. The number of rotatable bonds is 8. The van der Waals surface area contributed by atoms with E-state index in [1.54, 1.807) is 0 Å². The zero-order valence-corrected chi connectivity index (χ0v) is 21.3. The van der Waals surface area contributed by atoms with Gasteiger partial charge in [-0.2, -0.15) is 0 Å². The van der Waals surface area contributed by atoms with Crippen LogP contribution in [0.1, 0.15) is 32.8 Å². The fourth-order valence-electron chi connectivity index (χ4n) is 3.55. The van der Waals surface area contributed by atoms with Gasteiger partial charge in [0.1, 0.15) is 5.85 Å². The molecule has 0 fully saturated rings. The van der Waals surface area contributed by atoms with Gasteiger partial charge in [-0.15, -0.1) is 0 Å². The fraction of sp³-hybridized carbons (Fsp3) is 0.333. The lowest BCUT2D eigenvalue weighted by atomic mass is 10.1. The lowest BCUT2D eigenvalue weighted by Crippen LogP contribution is -2.45. The Morgan fingerprint density at radius 3 is 1.61 bits per heavy atom. The third-order valence-corrected chi connectivity index (χ3v) is 14.4. The van der Waals surface area contributed by atoms with Gasteiger partial charge in [-0.05, 0) is 36.5 Å². The molecule has 0 saturated heterocycles. The fourth-order valence-corrected chi connectivity index (χ4v) is 8.77. The van der Waals surface area contributed by atoms with Crippen molar-refractivity contribution in [3.8, 4) is 0 Å². The summed E-state index contributed by atoms with van der Waals surface area (Å²) in [5.74, 6) is -0.363. The van der Waals surface area contributed by atoms with Crippen molar-refractivity contribution in [3.63, 3.8) is 0 Å². The Hall–Kier alpha value is -1.93. The first kappa shape index (κ1) is 23.7. The van der Waals surface area contributed by atoms with E-state index in [0.29, 0.717) is 0 Å². The minimum Gasteiger partial charge on any atom is -0.406 e. The van der Waals surface area contributed by atoms with Gasteiger partial charge in [0.25, 0.3) is 0 Å². The first-order valence-electron chi connectivity index (χ1n) is 11.1. The highest BCUT2D eigenvalue weighted by Gasteiger charge is 2.45. The summed E-state index contributed by atoms with van der Waals surface area (Å²) in [4.78, 5) is 0. The van der Waals surface area contributed by atoms with Crippen molar-refractivity contribution in [1.82, 2.24) is 0 Å². The largest absolute Gasteiger partial charge is 0.406 e. The van der Waals surface area contributed by atoms with Gasteiger partial charge in [0.15, 0.2) is 15.5 Å². The minimum absolute atomic E-state index is 0.0379. The highest BCUT2D eigenvalue weighted by Crippen LogP contribution is 2.53.